The van der Waals surface area contributed by atoms with Gasteiger partial charge in [-0.25, -0.2) is 9.97 Å². The van der Waals surface area contributed by atoms with Crippen LogP contribution in [-0.2, 0) is 13.1 Å². The molecule has 5 heteroatoms. The summed E-state index contributed by atoms with van der Waals surface area (Å²) in [4.78, 5) is 11.2. The lowest BCUT2D eigenvalue weighted by Gasteiger charge is -2.18. The van der Waals surface area contributed by atoms with Gasteiger partial charge in [0.15, 0.2) is 0 Å². The number of nitrogens with zero attached hydrogens (tertiary/aromatic N) is 4. The van der Waals surface area contributed by atoms with E-state index in [9.17, 15) is 0 Å². The van der Waals surface area contributed by atoms with Crippen molar-refractivity contribution in [3.05, 3.63) is 47.5 Å². The fourth-order valence-electron chi connectivity index (χ4n) is 2.47. The number of imidazole rings is 1. The van der Waals surface area contributed by atoms with Crippen LogP contribution in [0.25, 0.3) is 10.2 Å². The van der Waals surface area contributed by atoms with Crippen LogP contribution in [0.1, 0.15) is 30.6 Å². The zero-order chi connectivity index (χ0) is 14.8. The number of benzene rings is 1. The molecule has 110 valence electrons. The van der Waals surface area contributed by atoms with Crippen LogP contribution < -0.4 is 0 Å². The normalized spacial score (nSPS) is 11.9. The summed E-state index contributed by atoms with van der Waals surface area (Å²) in [5.41, 5.74) is 2.34. The molecule has 3 aromatic rings. The van der Waals surface area contributed by atoms with Crippen LogP contribution in [0.15, 0.2) is 36.8 Å². The molecule has 0 radical (unpaired) electrons. The molecule has 0 atom stereocenters. The minimum atomic E-state index is 0.443. The van der Waals surface area contributed by atoms with Crippen molar-refractivity contribution in [2.24, 2.45) is 0 Å². The van der Waals surface area contributed by atoms with E-state index in [4.69, 9.17) is 4.98 Å². The number of fused-ring (bicyclic) bond motifs is 1. The molecule has 2 heterocycles. The van der Waals surface area contributed by atoms with Gasteiger partial charge in [-0.15, -0.1) is 11.3 Å². The molecule has 3 rings (SSSR count). The second-order valence-electron chi connectivity index (χ2n) is 5.63. The average molecular weight is 300 g/mol. The van der Waals surface area contributed by atoms with Gasteiger partial charge in [0.1, 0.15) is 5.01 Å². The van der Waals surface area contributed by atoms with Crippen molar-refractivity contribution in [2.45, 2.75) is 33.0 Å². The third-order valence-electron chi connectivity index (χ3n) is 3.48. The Balaban J connectivity index is 1.71. The first-order valence-electron chi connectivity index (χ1n) is 7.17. The highest BCUT2D eigenvalue weighted by Crippen LogP contribution is 2.22. The Morgan fingerprint density at radius 3 is 2.81 bits per heavy atom. The van der Waals surface area contributed by atoms with Gasteiger partial charge < -0.3 is 4.57 Å². The van der Waals surface area contributed by atoms with E-state index >= 15 is 0 Å². The maximum atomic E-state index is 4.69. The largest absolute Gasteiger partial charge is 0.331 e. The van der Waals surface area contributed by atoms with Gasteiger partial charge in [0.2, 0.25) is 0 Å². The first kappa shape index (κ1) is 14.2. The summed E-state index contributed by atoms with van der Waals surface area (Å²) in [5, 5.41) is 1.16. The average Bonchev–Trinajstić information content (AvgIpc) is 3.03. The maximum absolute atomic E-state index is 4.69. The molecule has 2 aromatic heterocycles. The van der Waals surface area contributed by atoms with E-state index in [1.807, 2.05) is 18.6 Å². The number of hydrogen-bond acceptors (Lipinski definition) is 4. The monoisotopic (exact) mass is 300 g/mol. The Kier molecular flexibility index (Phi) is 4.03. The number of rotatable bonds is 5. The third-order valence-corrected chi connectivity index (χ3v) is 4.50. The molecule has 0 saturated heterocycles. The third kappa shape index (κ3) is 3.14. The van der Waals surface area contributed by atoms with Crippen LogP contribution >= 0.6 is 11.3 Å². The Morgan fingerprint density at radius 1 is 1.24 bits per heavy atom. The van der Waals surface area contributed by atoms with Crippen molar-refractivity contribution >= 4 is 21.6 Å². The van der Waals surface area contributed by atoms with Gasteiger partial charge in [0.25, 0.3) is 0 Å². The van der Waals surface area contributed by atoms with E-state index in [1.165, 1.54) is 10.4 Å². The number of hydrogen-bond donors (Lipinski definition) is 0. The van der Waals surface area contributed by atoms with Crippen LogP contribution in [0.3, 0.4) is 0 Å². The molecule has 0 aliphatic heterocycles. The Hall–Kier alpha value is -1.72. The summed E-state index contributed by atoms with van der Waals surface area (Å²) < 4.78 is 3.47. The van der Waals surface area contributed by atoms with Crippen molar-refractivity contribution in [3.63, 3.8) is 0 Å². The molecule has 0 fully saturated rings. The molecule has 0 bridgehead atoms. The fraction of sp³-hybridized carbons (Fsp3) is 0.375. The molecule has 1 aromatic carbocycles. The lowest BCUT2D eigenvalue weighted by Crippen LogP contribution is -2.19. The summed E-state index contributed by atoms with van der Waals surface area (Å²) in [6, 6.07) is 8.75. The fourth-order valence-corrected chi connectivity index (χ4v) is 3.52. The number of aromatic nitrogens is 3. The van der Waals surface area contributed by atoms with Gasteiger partial charge >= 0.3 is 0 Å². The SMILES string of the molecule is CC(C)n1cncc1CN(C)Cc1nc2ccccc2s1. The van der Waals surface area contributed by atoms with E-state index in [0.29, 0.717) is 6.04 Å². The van der Waals surface area contributed by atoms with Gasteiger partial charge in [0, 0.05) is 18.8 Å². The molecule has 0 N–H and O–H groups in total. The number of para-hydroxylation sites is 1. The summed E-state index contributed by atoms with van der Waals surface area (Å²) in [5.74, 6) is 0. The van der Waals surface area contributed by atoms with Crippen molar-refractivity contribution in [1.82, 2.24) is 19.4 Å². The van der Waals surface area contributed by atoms with Crippen molar-refractivity contribution in [2.75, 3.05) is 7.05 Å². The molecule has 0 saturated carbocycles. The zero-order valence-electron chi connectivity index (χ0n) is 12.7. The molecule has 0 unspecified atom stereocenters. The molecule has 4 nitrogen and oxygen atoms in total. The number of thiazole rings is 1. The first-order chi connectivity index (χ1) is 10.1. The van der Waals surface area contributed by atoms with Crippen LogP contribution in [0.2, 0.25) is 0 Å². The Labute approximate surface area is 129 Å². The minimum Gasteiger partial charge on any atom is -0.331 e. The topological polar surface area (TPSA) is 34.0 Å². The smallest absolute Gasteiger partial charge is 0.108 e. The summed E-state index contributed by atoms with van der Waals surface area (Å²) in [6.07, 6.45) is 3.86. The molecule has 0 aliphatic rings. The standard InChI is InChI=1S/C16H20N4S/c1-12(2)20-11-17-8-13(20)9-19(3)10-16-18-14-6-4-5-7-15(14)21-16/h4-8,11-12H,9-10H2,1-3H3. The summed E-state index contributed by atoms with van der Waals surface area (Å²) in [7, 11) is 2.13. The second-order valence-corrected chi connectivity index (χ2v) is 6.75. The van der Waals surface area contributed by atoms with E-state index < -0.39 is 0 Å². The lowest BCUT2D eigenvalue weighted by molar-refractivity contribution is 0.307. The minimum absolute atomic E-state index is 0.443. The van der Waals surface area contributed by atoms with E-state index in [2.05, 4.69) is 53.5 Å². The molecular formula is C16H20N4S. The highest BCUT2D eigenvalue weighted by atomic mass is 32.1. The van der Waals surface area contributed by atoms with Crippen LogP contribution in [0.5, 0.6) is 0 Å². The van der Waals surface area contributed by atoms with Gasteiger partial charge in [-0.1, -0.05) is 12.1 Å². The molecule has 0 aliphatic carbocycles. The van der Waals surface area contributed by atoms with Gasteiger partial charge in [-0.2, -0.15) is 0 Å². The predicted octanol–water partition coefficient (Wildman–Crippen LogP) is 3.71. The van der Waals surface area contributed by atoms with Gasteiger partial charge in [-0.3, -0.25) is 4.90 Å². The molecular weight excluding hydrogens is 280 g/mol. The summed E-state index contributed by atoms with van der Waals surface area (Å²) in [6.45, 7) is 6.11. The molecule has 21 heavy (non-hydrogen) atoms. The second kappa shape index (κ2) is 5.95. The predicted molar refractivity (Wildman–Crippen MR) is 87.4 cm³/mol. The van der Waals surface area contributed by atoms with E-state index in [0.717, 1.165) is 23.6 Å². The highest BCUT2D eigenvalue weighted by Gasteiger charge is 2.10. The quantitative estimate of drug-likeness (QED) is 0.720. The van der Waals surface area contributed by atoms with Crippen LogP contribution in [0, 0.1) is 0 Å². The molecule has 0 spiro atoms. The maximum Gasteiger partial charge on any atom is 0.108 e. The van der Waals surface area contributed by atoms with Crippen molar-refractivity contribution in [1.29, 1.82) is 0 Å². The van der Waals surface area contributed by atoms with Crippen LogP contribution in [0.4, 0.5) is 0 Å². The molecule has 0 amide bonds. The zero-order valence-corrected chi connectivity index (χ0v) is 13.5. The van der Waals surface area contributed by atoms with Gasteiger partial charge in [-0.05, 0) is 33.0 Å². The van der Waals surface area contributed by atoms with Crippen molar-refractivity contribution in [3.8, 4) is 0 Å². The lowest BCUT2D eigenvalue weighted by atomic mass is 10.3. The first-order valence-corrected chi connectivity index (χ1v) is 7.99. The van der Waals surface area contributed by atoms with Gasteiger partial charge in [0.05, 0.1) is 28.8 Å². The van der Waals surface area contributed by atoms with Crippen molar-refractivity contribution < 1.29 is 0 Å². The van der Waals surface area contributed by atoms with E-state index in [1.54, 1.807) is 11.3 Å². The summed E-state index contributed by atoms with van der Waals surface area (Å²) >= 11 is 1.77. The highest BCUT2D eigenvalue weighted by molar-refractivity contribution is 7.18. The van der Waals surface area contributed by atoms with Crippen LogP contribution in [-0.4, -0.2) is 26.5 Å². The Bertz CT molecular complexity index is 696. The Morgan fingerprint density at radius 2 is 2.05 bits per heavy atom. The van der Waals surface area contributed by atoms with E-state index in [-0.39, 0.29) is 0 Å².